The Balaban J connectivity index is 1.48. The molecule has 0 spiro atoms. The monoisotopic (exact) mass is 306 g/mol. The van der Waals surface area contributed by atoms with Gasteiger partial charge < -0.3 is 4.42 Å². The normalized spacial score (nSPS) is 14.7. The summed E-state index contributed by atoms with van der Waals surface area (Å²) in [6, 6.07) is 9.98. The number of fused-ring (bicyclic) bond motifs is 1. The second kappa shape index (κ2) is 5.93. The van der Waals surface area contributed by atoms with Crippen LogP contribution >= 0.6 is 0 Å². The average molecular weight is 306 g/mol. The summed E-state index contributed by atoms with van der Waals surface area (Å²) in [5, 5.41) is 0. The topological polar surface area (TPSA) is 55.1 Å². The maximum atomic E-state index is 5.62. The van der Waals surface area contributed by atoms with Crippen LogP contribution in [0.4, 0.5) is 0 Å². The molecule has 0 amide bonds. The van der Waals surface area contributed by atoms with E-state index in [-0.39, 0.29) is 0 Å². The molecule has 0 saturated carbocycles. The van der Waals surface area contributed by atoms with Crippen LogP contribution in [0.25, 0.3) is 11.5 Å². The zero-order valence-electron chi connectivity index (χ0n) is 13.1. The van der Waals surface area contributed by atoms with Crippen LogP contribution in [0, 0.1) is 6.92 Å². The first-order chi connectivity index (χ1) is 11.3. The highest BCUT2D eigenvalue weighted by Crippen LogP contribution is 2.21. The zero-order chi connectivity index (χ0) is 15.6. The molecule has 4 rings (SSSR count). The van der Waals surface area contributed by atoms with Gasteiger partial charge in [0, 0.05) is 31.4 Å². The second-order valence-electron chi connectivity index (χ2n) is 5.86. The highest BCUT2D eigenvalue weighted by molar-refractivity contribution is 5.52. The standard InChI is InChI=1S/C18H18N4O/c1-13-19-9-15-7-8-22(11-17(15)20-13)10-16-12-23-18(21-16)14-5-3-2-4-6-14/h2-6,9,12H,7-8,10-11H2,1H3. The number of nitrogens with zero attached hydrogens (tertiary/aromatic N) is 4. The van der Waals surface area contributed by atoms with E-state index in [0.29, 0.717) is 5.89 Å². The number of hydrogen-bond acceptors (Lipinski definition) is 5. The van der Waals surface area contributed by atoms with E-state index < -0.39 is 0 Å². The Bertz CT molecular complexity index is 813. The van der Waals surface area contributed by atoms with Crippen LogP contribution in [0.2, 0.25) is 0 Å². The van der Waals surface area contributed by atoms with Crippen molar-refractivity contribution in [3.8, 4) is 11.5 Å². The highest BCUT2D eigenvalue weighted by atomic mass is 16.3. The summed E-state index contributed by atoms with van der Waals surface area (Å²) in [6.45, 7) is 4.54. The van der Waals surface area contributed by atoms with E-state index in [1.165, 1.54) is 5.56 Å². The largest absolute Gasteiger partial charge is 0.444 e. The molecule has 1 aromatic carbocycles. The van der Waals surface area contributed by atoms with Crippen molar-refractivity contribution < 1.29 is 4.42 Å². The molecule has 1 aliphatic rings. The van der Waals surface area contributed by atoms with Crippen molar-refractivity contribution in [3.63, 3.8) is 0 Å². The molecular formula is C18H18N4O. The number of aryl methyl sites for hydroxylation is 1. The minimum absolute atomic E-state index is 0.677. The van der Waals surface area contributed by atoms with Crippen molar-refractivity contribution in [2.24, 2.45) is 0 Å². The van der Waals surface area contributed by atoms with Gasteiger partial charge in [0.15, 0.2) is 0 Å². The third-order valence-electron chi connectivity index (χ3n) is 4.10. The van der Waals surface area contributed by atoms with Gasteiger partial charge in [0.05, 0.1) is 11.4 Å². The maximum Gasteiger partial charge on any atom is 0.226 e. The molecule has 0 saturated heterocycles. The van der Waals surface area contributed by atoms with Gasteiger partial charge in [-0.05, 0) is 31.0 Å². The molecule has 0 radical (unpaired) electrons. The Morgan fingerprint density at radius 2 is 2.04 bits per heavy atom. The molecule has 0 fully saturated rings. The van der Waals surface area contributed by atoms with Crippen molar-refractivity contribution in [2.45, 2.75) is 26.4 Å². The van der Waals surface area contributed by atoms with E-state index in [1.807, 2.05) is 43.5 Å². The maximum absolute atomic E-state index is 5.62. The summed E-state index contributed by atoms with van der Waals surface area (Å²) >= 11 is 0. The van der Waals surface area contributed by atoms with Gasteiger partial charge in [-0.1, -0.05) is 18.2 Å². The molecule has 0 atom stereocenters. The minimum Gasteiger partial charge on any atom is -0.444 e. The summed E-state index contributed by atoms with van der Waals surface area (Å²) in [5.41, 5.74) is 4.36. The van der Waals surface area contributed by atoms with Crippen molar-refractivity contribution in [2.75, 3.05) is 6.54 Å². The number of benzene rings is 1. The van der Waals surface area contributed by atoms with Gasteiger partial charge in [0.25, 0.3) is 0 Å². The first-order valence-corrected chi connectivity index (χ1v) is 7.81. The van der Waals surface area contributed by atoms with Gasteiger partial charge in [0.2, 0.25) is 5.89 Å². The lowest BCUT2D eigenvalue weighted by molar-refractivity contribution is 0.238. The Hall–Kier alpha value is -2.53. The lowest BCUT2D eigenvalue weighted by atomic mass is 10.1. The van der Waals surface area contributed by atoms with E-state index >= 15 is 0 Å². The lowest BCUT2D eigenvalue weighted by Gasteiger charge is -2.26. The van der Waals surface area contributed by atoms with E-state index in [4.69, 9.17) is 4.42 Å². The van der Waals surface area contributed by atoms with E-state index in [1.54, 1.807) is 6.26 Å². The quantitative estimate of drug-likeness (QED) is 0.744. The van der Waals surface area contributed by atoms with Crippen LogP contribution in [0.5, 0.6) is 0 Å². The molecule has 3 heterocycles. The Kier molecular flexibility index (Phi) is 3.63. The smallest absolute Gasteiger partial charge is 0.226 e. The molecule has 2 aromatic heterocycles. The van der Waals surface area contributed by atoms with Gasteiger partial charge in [0.1, 0.15) is 12.1 Å². The molecule has 5 heteroatoms. The van der Waals surface area contributed by atoms with Gasteiger partial charge in [-0.25, -0.2) is 15.0 Å². The lowest BCUT2D eigenvalue weighted by Crippen LogP contribution is -2.31. The number of rotatable bonds is 3. The minimum atomic E-state index is 0.677. The molecule has 1 aliphatic heterocycles. The summed E-state index contributed by atoms with van der Waals surface area (Å²) in [4.78, 5) is 15.8. The molecule has 0 aliphatic carbocycles. The van der Waals surface area contributed by atoms with Crippen molar-refractivity contribution in [1.82, 2.24) is 19.9 Å². The average Bonchev–Trinajstić information content (AvgIpc) is 3.04. The predicted molar refractivity (Wildman–Crippen MR) is 86.5 cm³/mol. The van der Waals surface area contributed by atoms with Gasteiger partial charge in [-0.15, -0.1) is 0 Å². The fourth-order valence-electron chi connectivity index (χ4n) is 2.91. The molecule has 0 N–H and O–H groups in total. The summed E-state index contributed by atoms with van der Waals surface area (Å²) in [6.07, 6.45) is 4.70. The molecule has 23 heavy (non-hydrogen) atoms. The van der Waals surface area contributed by atoms with Gasteiger partial charge >= 0.3 is 0 Å². The molecular weight excluding hydrogens is 288 g/mol. The Morgan fingerprint density at radius 1 is 1.17 bits per heavy atom. The van der Waals surface area contributed by atoms with Crippen LogP contribution in [0.3, 0.4) is 0 Å². The first-order valence-electron chi connectivity index (χ1n) is 7.81. The van der Waals surface area contributed by atoms with Crippen molar-refractivity contribution >= 4 is 0 Å². The van der Waals surface area contributed by atoms with Gasteiger partial charge in [-0.2, -0.15) is 0 Å². The molecule has 5 nitrogen and oxygen atoms in total. The van der Waals surface area contributed by atoms with Crippen LogP contribution in [0.1, 0.15) is 22.8 Å². The van der Waals surface area contributed by atoms with Crippen LogP contribution < -0.4 is 0 Å². The number of aromatic nitrogens is 3. The molecule has 0 unspecified atom stereocenters. The fraction of sp³-hybridized carbons (Fsp3) is 0.278. The summed E-state index contributed by atoms with van der Waals surface area (Å²) in [7, 11) is 0. The van der Waals surface area contributed by atoms with Crippen LogP contribution in [0.15, 0.2) is 47.2 Å². The Morgan fingerprint density at radius 3 is 2.91 bits per heavy atom. The summed E-state index contributed by atoms with van der Waals surface area (Å²) < 4.78 is 5.62. The Labute approximate surface area is 135 Å². The van der Waals surface area contributed by atoms with Crippen molar-refractivity contribution in [3.05, 3.63) is 65.6 Å². The third kappa shape index (κ3) is 3.00. The van der Waals surface area contributed by atoms with Gasteiger partial charge in [-0.3, -0.25) is 4.90 Å². The number of oxazole rings is 1. The second-order valence-corrected chi connectivity index (χ2v) is 5.86. The van der Waals surface area contributed by atoms with E-state index in [0.717, 1.165) is 48.8 Å². The zero-order valence-corrected chi connectivity index (χ0v) is 13.1. The third-order valence-corrected chi connectivity index (χ3v) is 4.10. The summed E-state index contributed by atoms with van der Waals surface area (Å²) in [5.74, 6) is 1.51. The van der Waals surface area contributed by atoms with Crippen molar-refractivity contribution in [1.29, 1.82) is 0 Å². The first kappa shape index (κ1) is 14.1. The van der Waals surface area contributed by atoms with E-state index in [9.17, 15) is 0 Å². The SMILES string of the molecule is Cc1ncc2c(n1)CN(Cc1coc(-c3ccccc3)n1)CC2. The number of hydrogen-bond donors (Lipinski definition) is 0. The van der Waals surface area contributed by atoms with E-state index in [2.05, 4.69) is 19.9 Å². The molecule has 3 aromatic rings. The molecule has 116 valence electrons. The van der Waals surface area contributed by atoms with Crippen LogP contribution in [-0.2, 0) is 19.5 Å². The predicted octanol–water partition coefficient (Wildman–Crippen LogP) is 3.00. The highest BCUT2D eigenvalue weighted by Gasteiger charge is 2.19. The van der Waals surface area contributed by atoms with Crippen LogP contribution in [-0.4, -0.2) is 26.4 Å². The molecule has 0 bridgehead atoms. The fourth-order valence-corrected chi connectivity index (χ4v) is 2.91.